The van der Waals surface area contributed by atoms with Crippen molar-refractivity contribution in [3.8, 4) is 11.5 Å². The Hall–Kier alpha value is -3.79. The fourth-order valence-corrected chi connectivity index (χ4v) is 4.54. The molecule has 1 aliphatic rings. The largest absolute Gasteiger partial charge is 0.493 e. The highest BCUT2D eigenvalue weighted by atomic mass is 16.5. The predicted molar refractivity (Wildman–Crippen MR) is 150 cm³/mol. The minimum atomic E-state index is -0.729. The number of carbonyl (C=O) groups excluding carboxylic acids is 1. The average Bonchev–Trinajstić information content (AvgIpc) is 2.96. The molecule has 39 heavy (non-hydrogen) atoms. The number of rotatable bonds is 11. The third kappa shape index (κ3) is 8.35. The fraction of sp³-hybridized carbons (Fsp3) is 0.367. The second-order valence-corrected chi connectivity index (χ2v) is 9.70. The number of carbonyl (C=O) groups is 1. The molecule has 2 unspecified atom stereocenters. The number of methoxy groups -OCH3 is 1. The van der Waals surface area contributed by atoms with E-state index in [2.05, 4.69) is 27.2 Å². The smallest absolute Gasteiger partial charge is 0.407 e. The molecule has 0 bridgehead atoms. The molecule has 0 aliphatic carbocycles. The molecule has 1 aliphatic heterocycles. The monoisotopic (exact) mass is 534 g/mol. The van der Waals surface area contributed by atoms with Crippen LogP contribution in [0.4, 0.5) is 10.5 Å². The average molecular weight is 535 g/mol. The lowest BCUT2D eigenvalue weighted by Gasteiger charge is -2.40. The van der Waals surface area contributed by atoms with Crippen LogP contribution in [0, 0.1) is 0 Å². The number of benzene rings is 3. The summed E-state index contributed by atoms with van der Waals surface area (Å²) in [4.78, 5) is 16.7. The van der Waals surface area contributed by atoms with Crippen LogP contribution >= 0.6 is 0 Å². The highest BCUT2D eigenvalue weighted by molar-refractivity contribution is 5.67. The van der Waals surface area contributed by atoms with Crippen LogP contribution < -0.4 is 20.5 Å². The summed E-state index contributed by atoms with van der Waals surface area (Å²) in [6.07, 6.45) is -1.78. The summed E-state index contributed by atoms with van der Waals surface area (Å²) in [6.45, 7) is 6.25. The van der Waals surface area contributed by atoms with E-state index in [0.29, 0.717) is 11.5 Å². The highest BCUT2D eigenvalue weighted by Gasteiger charge is 2.29. The molecule has 208 valence electrons. The maximum absolute atomic E-state index is 12.2. The molecule has 2 atom stereocenters. The minimum absolute atomic E-state index is 0.201. The van der Waals surface area contributed by atoms with Gasteiger partial charge in [0.15, 0.2) is 17.7 Å². The van der Waals surface area contributed by atoms with E-state index in [0.717, 1.165) is 49.5 Å². The maximum atomic E-state index is 12.2. The number of nitrogens with one attached hydrogen (secondary N) is 1. The van der Waals surface area contributed by atoms with Crippen LogP contribution in [-0.2, 0) is 24.4 Å². The molecule has 3 aromatic carbocycles. The predicted octanol–water partition coefficient (Wildman–Crippen LogP) is 3.61. The van der Waals surface area contributed by atoms with Crippen LogP contribution in [-0.4, -0.2) is 66.6 Å². The van der Waals surface area contributed by atoms with E-state index >= 15 is 0 Å². The number of amides is 1. The van der Waals surface area contributed by atoms with Gasteiger partial charge in [0.25, 0.3) is 0 Å². The van der Waals surface area contributed by atoms with Gasteiger partial charge in [0, 0.05) is 45.0 Å². The van der Waals surface area contributed by atoms with E-state index < -0.39 is 18.4 Å². The summed E-state index contributed by atoms with van der Waals surface area (Å²) in [6, 6.07) is 23.0. The third-order valence-electron chi connectivity index (χ3n) is 6.69. The molecule has 1 heterocycles. The number of piperazine rings is 1. The van der Waals surface area contributed by atoms with Gasteiger partial charge < -0.3 is 30.4 Å². The Labute approximate surface area is 230 Å². The standard InChI is InChI=1S/C30H38N4O5/c1-22(35)29(34-16-14-33(15-17-34)20-23-8-11-26(31)12-9-23)39-28-18-25(10-13-27(28)37-2)19-32-30(36)38-21-24-6-4-3-5-7-24/h3-13,18,22,29,35H,14-17,19-21,31H2,1-2H3,(H,32,36). The summed E-state index contributed by atoms with van der Waals surface area (Å²) < 4.78 is 17.1. The Bertz CT molecular complexity index is 1180. The van der Waals surface area contributed by atoms with Crippen molar-refractivity contribution in [3.63, 3.8) is 0 Å². The van der Waals surface area contributed by atoms with E-state index in [4.69, 9.17) is 19.9 Å². The first kappa shape index (κ1) is 28.2. The van der Waals surface area contributed by atoms with Crippen molar-refractivity contribution in [3.05, 3.63) is 89.5 Å². The lowest BCUT2D eigenvalue weighted by Crippen LogP contribution is -2.55. The number of hydrogen-bond donors (Lipinski definition) is 3. The maximum Gasteiger partial charge on any atom is 0.407 e. The Kier molecular flexibility index (Phi) is 10.0. The van der Waals surface area contributed by atoms with Crippen molar-refractivity contribution < 1.29 is 24.1 Å². The Morgan fingerprint density at radius 2 is 1.64 bits per heavy atom. The molecule has 9 nitrogen and oxygen atoms in total. The lowest BCUT2D eigenvalue weighted by molar-refractivity contribution is -0.0759. The first-order valence-electron chi connectivity index (χ1n) is 13.2. The van der Waals surface area contributed by atoms with Gasteiger partial charge in [-0.05, 0) is 47.9 Å². The van der Waals surface area contributed by atoms with E-state index in [-0.39, 0.29) is 13.2 Å². The molecule has 1 saturated heterocycles. The quantitative estimate of drug-likeness (QED) is 0.320. The van der Waals surface area contributed by atoms with Gasteiger partial charge in [-0.3, -0.25) is 9.80 Å². The van der Waals surface area contributed by atoms with Gasteiger partial charge >= 0.3 is 6.09 Å². The Morgan fingerprint density at radius 3 is 2.31 bits per heavy atom. The number of nitrogen functional groups attached to an aromatic ring is 1. The van der Waals surface area contributed by atoms with Crippen molar-refractivity contribution in [2.75, 3.05) is 39.0 Å². The Balaban J connectivity index is 1.32. The van der Waals surface area contributed by atoms with Gasteiger partial charge in [-0.1, -0.05) is 48.5 Å². The van der Waals surface area contributed by atoms with E-state index in [1.54, 1.807) is 20.1 Å². The Morgan fingerprint density at radius 1 is 0.949 bits per heavy atom. The normalized spacial score (nSPS) is 15.8. The molecule has 1 amide bonds. The lowest BCUT2D eigenvalue weighted by atomic mass is 10.1. The van der Waals surface area contributed by atoms with E-state index in [9.17, 15) is 9.90 Å². The van der Waals surface area contributed by atoms with Crippen LogP contribution in [0.15, 0.2) is 72.8 Å². The van der Waals surface area contributed by atoms with Crippen molar-refractivity contribution in [1.82, 2.24) is 15.1 Å². The van der Waals surface area contributed by atoms with Crippen LogP contribution in [0.5, 0.6) is 11.5 Å². The second kappa shape index (κ2) is 13.8. The zero-order valence-electron chi connectivity index (χ0n) is 22.6. The fourth-order valence-electron chi connectivity index (χ4n) is 4.54. The number of ether oxygens (including phenoxy) is 3. The zero-order chi connectivity index (χ0) is 27.6. The molecule has 0 spiro atoms. The molecular formula is C30H38N4O5. The van der Waals surface area contributed by atoms with E-state index in [1.165, 1.54) is 5.56 Å². The summed E-state index contributed by atoms with van der Waals surface area (Å²) >= 11 is 0. The van der Waals surface area contributed by atoms with Crippen LogP contribution in [0.2, 0.25) is 0 Å². The first-order chi connectivity index (χ1) is 18.9. The van der Waals surface area contributed by atoms with Gasteiger partial charge in [-0.15, -0.1) is 0 Å². The van der Waals surface area contributed by atoms with Gasteiger partial charge in [-0.2, -0.15) is 0 Å². The summed E-state index contributed by atoms with van der Waals surface area (Å²) in [5.74, 6) is 1.06. The van der Waals surface area contributed by atoms with Gasteiger partial charge in [0.2, 0.25) is 0 Å². The van der Waals surface area contributed by atoms with Crippen LogP contribution in [0.1, 0.15) is 23.6 Å². The first-order valence-corrected chi connectivity index (χ1v) is 13.2. The SMILES string of the molecule is COc1ccc(CNC(=O)OCc2ccccc2)cc1OC(C(C)O)N1CCN(Cc2ccc(N)cc2)CC1. The molecule has 3 aromatic rings. The topological polar surface area (TPSA) is 110 Å². The van der Waals surface area contributed by atoms with Crippen LogP contribution in [0.3, 0.4) is 0 Å². The summed E-state index contributed by atoms with van der Waals surface area (Å²) in [5, 5.41) is 13.4. The number of alkyl carbamates (subject to hydrolysis) is 1. The van der Waals surface area contributed by atoms with Crippen molar-refractivity contribution >= 4 is 11.8 Å². The highest BCUT2D eigenvalue weighted by Crippen LogP contribution is 2.30. The molecule has 0 aromatic heterocycles. The zero-order valence-corrected chi connectivity index (χ0v) is 22.6. The molecule has 9 heteroatoms. The third-order valence-corrected chi connectivity index (χ3v) is 6.69. The number of aliphatic hydroxyl groups excluding tert-OH is 1. The molecular weight excluding hydrogens is 496 g/mol. The molecule has 1 fully saturated rings. The van der Waals surface area contributed by atoms with E-state index in [1.807, 2.05) is 54.6 Å². The number of anilines is 1. The number of nitrogens with zero attached hydrogens (tertiary/aromatic N) is 2. The number of nitrogens with two attached hydrogens (primary N) is 1. The van der Waals surface area contributed by atoms with Crippen molar-refractivity contribution in [2.45, 2.75) is 39.0 Å². The van der Waals surface area contributed by atoms with Gasteiger partial charge in [0.05, 0.1) is 7.11 Å². The van der Waals surface area contributed by atoms with Crippen molar-refractivity contribution in [2.24, 2.45) is 0 Å². The van der Waals surface area contributed by atoms with Crippen molar-refractivity contribution in [1.29, 1.82) is 0 Å². The minimum Gasteiger partial charge on any atom is -0.493 e. The molecule has 4 rings (SSSR count). The number of aliphatic hydroxyl groups is 1. The second-order valence-electron chi connectivity index (χ2n) is 9.70. The molecule has 4 N–H and O–H groups in total. The van der Waals surface area contributed by atoms with Gasteiger partial charge in [-0.25, -0.2) is 4.79 Å². The molecule has 0 radical (unpaired) electrons. The van der Waals surface area contributed by atoms with Gasteiger partial charge in [0.1, 0.15) is 12.7 Å². The molecule has 0 saturated carbocycles. The number of hydrogen-bond acceptors (Lipinski definition) is 8. The summed E-state index contributed by atoms with van der Waals surface area (Å²) in [7, 11) is 1.58. The summed E-state index contributed by atoms with van der Waals surface area (Å²) in [5.41, 5.74) is 9.53. The van der Waals surface area contributed by atoms with Crippen LogP contribution in [0.25, 0.3) is 0 Å².